The molecule has 0 aromatic heterocycles. The fourth-order valence-electron chi connectivity index (χ4n) is 0.965. The number of rotatable bonds is 4. The molecule has 0 aromatic rings. The maximum Gasteiger partial charge on any atom is 0.0457 e. The molecule has 0 spiro atoms. The van der Waals surface area contributed by atoms with Gasteiger partial charge in [-0.25, -0.2) is 0 Å². The Bertz CT molecular complexity index is 79.3. The molecule has 10 heavy (non-hydrogen) atoms. The van der Waals surface area contributed by atoms with Crippen molar-refractivity contribution in [2.75, 3.05) is 13.2 Å². The van der Waals surface area contributed by atoms with Gasteiger partial charge in [-0.1, -0.05) is 13.8 Å². The molecule has 0 aliphatic rings. The summed E-state index contributed by atoms with van der Waals surface area (Å²) in [7, 11) is 0. The molecule has 0 aliphatic heterocycles. The molecule has 2 heteroatoms. The third-order valence-electron chi connectivity index (χ3n) is 1.56. The zero-order chi connectivity index (χ0) is 8.15. The van der Waals surface area contributed by atoms with Gasteiger partial charge in [-0.3, -0.25) is 4.90 Å². The monoisotopic (exact) mass is 144 g/mol. The summed E-state index contributed by atoms with van der Waals surface area (Å²) in [6, 6.07) is 0.576. The van der Waals surface area contributed by atoms with E-state index in [1.165, 1.54) is 0 Å². The number of nitrogens with zero attached hydrogens (tertiary/aromatic N) is 1. The molecule has 62 valence electrons. The smallest absolute Gasteiger partial charge is 0.0457 e. The van der Waals surface area contributed by atoms with E-state index >= 15 is 0 Å². The Labute approximate surface area is 64.4 Å². The molecule has 0 radical (unpaired) electrons. The van der Waals surface area contributed by atoms with Gasteiger partial charge in [0, 0.05) is 19.3 Å². The van der Waals surface area contributed by atoms with Gasteiger partial charge in [-0.2, -0.15) is 0 Å². The van der Waals surface area contributed by atoms with Crippen LogP contribution >= 0.6 is 0 Å². The fourth-order valence-corrected chi connectivity index (χ4v) is 0.965. The third-order valence-corrected chi connectivity index (χ3v) is 1.56. The van der Waals surface area contributed by atoms with Crippen LogP contribution in [0.4, 0.5) is 0 Å². The van der Waals surface area contributed by atoms with E-state index in [0.717, 1.165) is 6.54 Å². The van der Waals surface area contributed by atoms with E-state index in [4.69, 9.17) is 5.73 Å². The van der Waals surface area contributed by atoms with Crippen LogP contribution in [0.25, 0.3) is 0 Å². The van der Waals surface area contributed by atoms with E-state index in [0.29, 0.717) is 18.6 Å². The maximum absolute atomic E-state index is 5.55. The lowest BCUT2D eigenvalue weighted by Gasteiger charge is -2.25. The van der Waals surface area contributed by atoms with Crippen molar-refractivity contribution in [2.45, 2.75) is 33.7 Å². The summed E-state index contributed by atoms with van der Waals surface area (Å²) in [5.41, 5.74) is 5.55. The van der Waals surface area contributed by atoms with Gasteiger partial charge >= 0.3 is 0 Å². The van der Waals surface area contributed by atoms with Crippen molar-refractivity contribution in [2.24, 2.45) is 11.7 Å². The van der Waals surface area contributed by atoms with Crippen molar-refractivity contribution < 1.29 is 0 Å². The first kappa shape index (κ1) is 9.92. The highest BCUT2D eigenvalue weighted by molar-refractivity contribution is 4.61. The first-order valence-electron chi connectivity index (χ1n) is 4.02. The van der Waals surface area contributed by atoms with Gasteiger partial charge in [-0.05, 0) is 19.8 Å². The van der Waals surface area contributed by atoms with Gasteiger partial charge < -0.3 is 5.73 Å². The average molecular weight is 144 g/mol. The lowest BCUT2D eigenvalue weighted by atomic mass is 10.2. The van der Waals surface area contributed by atoms with E-state index in [9.17, 15) is 0 Å². The fraction of sp³-hybridized carbons (Fsp3) is 1.00. The molecule has 2 N–H and O–H groups in total. The van der Waals surface area contributed by atoms with Crippen molar-refractivity contribution in [3.63, 3.8) is 0 Å². The van der Waals surface area contributed by atoms with E-state index in [-0.39, 0.29) is 0 Å². The quantitative estimate of drug-likeness (QED) is 0.602. The Kier molecular flexibility index (Phi) is 4.65. The first-order chi connectivity index (χ1) is 4.57. The van der Waals surface area contributed by atoms with Crippen LogP contribution in [-0.4, -0.2) is 24.2 Å². The molecule has 0 unspecified atom stereocenters. The Balaban J connectivity index is 3.60. The Morgan fingerprint density at radius 3 is 1.80 bits per heavy atom. The van der Waals surface area contributed by atoms with Crippen molar-refractivity contribution in [3.05, 3.63) is 0 Å². The lowest BCUT2D eigenvalue weighted by Crippen LogP contribution is -2.38. The minimum atomic E-state index is 0.576. The largest absolute Gasteiger partial charge is 0.318 e. The molecule has 0 aromatic carbocycles. The summed E-state index contributed by atoms with van der Waals surface area (Å²) in [4.78, 5) is 2.27. The Morgan fingerprint density at radius 1 is 1.20 bits per heavy atom. The van der Waals surface area contributed by atoms with Crippen LogP contribution in [0.1, 0.15) is 27.7 Å². The molecule has 0 amide bonds. The minimum Gasteiger partial charge on any atom is -0.318 e. The van der Waals surface area contributed by atoms with Crippen LogP contribution in [0.15, 0.2) is 0 Å². The molecule has 0 atom stereocenters. The Hall–Kier alpha value is -0.0800. The molecule has 0 bridgehead atoms. The molecule has 0 heterocycles. The van der Waals surface area contributed by atoms with Crippen LogP contribution in [0.2, 0.25) is 0 Å². The van der Waals surface area contributed by atoms with Gasteiger partial charge in [0.1, 0.15) is 0 Å². The van der Waals surface area contributed by atoms with Crippen LogP contribution in [-0.2, 0) is 0 Å². The summed E-state index contributed by atoms with van der Waals surface area (Å²) in [5, 5.41) is 0. The molecule has 0 rings (SSSR count). The summed E-state index contributed by atoms with van der Waals surface area (Å²) in [5.74, 6) is 0.714. The highest BCUT2D eigenvalue weighted by Crippen LogP contribution is 2.00. The van der Waals surface area contributed by atoms with Gasteiger partial charge in [0.25, 0.3) is 0 Å². The molecule has 0 aliphatic carbocycles. The van der Waals surface area contributed by atoms with E-state index < -0.39 is 0 Å². The summed E-state index contributed by atoms with van der Waals surface area (Å²) in [6.07, 6.45) is 0. The van der Waals surface area contributed by atoms with Gasteiger partial charge in [0.05, 0.1) is 0 Å². The van der Waals surface area contributed by atoms with Crippen LogP contribution in [0.3, 0.4) is 0 Å². The second-order valence-corrected chi connectivity index (χ2v) is 3.44. The van der Waals surface area contributed by atoms with E-state index in [2.05, 4.69) is 32.6 Å². The number of hydrogen-bond donors (Lipinski definition) is 1. The number of hydrogen-bond acceptors (Lipinski definition) is 2. The Morgan fingerprint density at radius 2 is 1.70 bits per heavy atom. The first-order valence-corrected chi connectivity index (χ1v) is 4.02. The SMILES string of the molecule is CC(C)CN(CN)C(C)C. The van der Waals surface area contributed by atoms with Gasteiger partial charge in [-0.15, -0.1) is 0 Å². The van der Waals surface area contributed by atoms with Crippen molar-refractivity contribution in [3.8, 4) is 0 Å². The predicted octanol–water partition coefficient (Wildman–Crippen LogP) is 1.27. The summed E-state index contributed by atoms with van der Waals surface area (Å²) >= 11 is 0. The van der Waals surface area contributed by atoms with Gasteiger partial charge in [0.2, 0.25) is 0 Å². The number of nitrogens with two attached hydrogens (primary N) is 1. The molecular weight excluding hydrogens is 124 g/mol. The molecular formula is C8H20N2. The summed E-state index contributed by atoms with van der Waals surface area (Å²) < 4.78 is 0. The van der Waals surface area contributed by atoms with Crippen LogP contribution in [0.5, 0.6) is 0 Å². The minimum absolute atomic E-state index is 0.576. The van der Waals surface area contributed by atoms with Crippen LogP contribution < -0.4 is 5.73 Å². The molecule has 0 fully saturated rings. The second kappa shape index (κ2) is 4.69. The molecule has 0 saturated heterocycles. The zero-order valence-electron chi connectivity index (χ0n) is 7.59. The highest BCUT2D eigenvalue weighted by Gasteiger charge is 2.07. The van der Waals surface area contributed by atoms with Crippen molar-refractivity contribution in [1.82, 2.24) is 4.90 Å². The molecule has 2 nitrogen and oxygen atoms in total. The topological polar surface area (TPSA) is 29.3 Å². The van der Waals surface area contributed by atoms with E-state index in [1.807, 2.05) is 0 Å². The van der Waals surface area contributed by atoms with Crippen molar-refractivity contribution >= 4 is 0 Å². The maximum atomic E-state index is 5.55. The van der Waals surface area contributed by atoms with E-state index in [1.54, 1.807) is 0 Å². The molecule has 0 saturated carbocycles. The predicted molar refractivity (Wildman–Crippen MR) is 45.7 cm³/mol. The normalized spacial score (nSPS) is 12.0. The summed E-state index contributed by atoms with van der Waals surface area (Å²) in [6.45, 7) is 10.6. The highest BCUT2D eigenvalue weighted by atomic mass is 15.2. The van der Waals surface area contributed by atoms with Crippen LogP contribution in [0, 0.1) is 5.92 Å². The lowest BCUT2D eigenvalue weighted by molar-refractivity contribution is 0.203. The standard InChI is InChI=1S/C8H20N2/c1-7(2)5-10(6-9)8(3)4/h7-8H,5-6,9H2,1-4H3. The van der Waals surface area contributed by atoms with Gasteiger partial charge in [0.15, 0.2) is 0 Å². The average Bonchev–Trinajstić information content (AvgIpc) is 1.81. The third kappa shape index (κ3) is 3.85. The van der Waals surface area contributed by atoms with Crippen molar-refractivity contribution in [1.29, 1.82) is 0 Å². The second-order valence-electron chi connectivity index (χ2n) is 3.44. The zero-order valence-corrected chi connectivity index (χ0v) is 7.59.